The Balaban J connectivity index is 1.99. The Morgan fingerprint density at radius 3 is 2.35 bits per heavy atom. The highest BCUT2D eigenvalue weighted by Gasteiger charge is 2.36. The Hall–Kier alpha value is -0.700. The highest BCUT2D eigenvalue weighted by Crippen LogP contribution is 2.24. The molecular weight excluding hydrogens is 284 g/mol. The Morgan fingerprint density at radius 1 is 1.15 bits per heavy atom. The van der Waals surface area contributed by atoms with Crippen LogP contribution in [0.15, 0.2) is 0 Å². The van der Waals surface area contributed by atoms with Gasteiger partial charge in [0, 0.05) is 33.3 Å². The largest absolute Gasteiger partial charge is 0.481 e. The van der Waals surface area contributed by atoms with Gasteiger partial charge in [0.1, 0.15) is 0 Å². The summed E-state index contributed by atoms with van der Waals surface area (Å²) in [5.74, 6) is -1.26. The van der Waals surface area contributed by atoms with E-state index < -0.39 is 22.1 Å². The molecule has 0 saturated carbocycles. The maximum Gasteiger partial charge on any atom is 0.306 e. The van der Waals surface area contributed by atoms with Gasteiger partial charge >= 0.3 is 5.97 Å². The summed E-state index contributed by atoms with van der Waals surface area (Å²) in [6.45, 7) is 1.47. The summed E-state index contributed by atoms with van der Waals surface area (Å²) >= 11 is 0. The maximum absolute atomic E-state index is 12.5. The molecule has 2 rings (SSSR count). The summed E-state index contributed by atoms with van der Waals surface area (Å²) in [6.07, 6.45) is 2.40. The van der Waals surface area contributed by atoms with Gasteiger partial charge in [0.05, 0.1) is 12.0 Å². The lowest BCUT2D eigenvalue weighted by molar-refractivity contribution is -0.142. The van der Waals surface area contributed by atoms with Crippen molar-refractivity contribution >= 4 is 16.2 Å². The van der Waals surface area contributed by atoms with Gasteiger partial charge in [-0.3, -0.25) is 4.79 Å². The van der Waals surface area contributed by atoms with E-state index in [4.69, 9.17) is 9.84 Å². The first-order valence-electron chi connectivity index (χ1n) is 6.96. The Bertz CT molecular complexity index is 445. The molecule has 0 spiro atoms. The number of nitrogens with zero attached hydrogens (tertiary/aromatic N) is 2. The van der Waals surface area contributed by atoms with Crippen LogP contribution in [0.2, 0.25) is 0 Å². The topological polar surface area (TPSA) is 87.2 Å². The molecule has 116 valence electrons. The number of carboxylic acid groups (broad SMARTS) is 1. The van der Waals surface area contributed by atoms with Crippen LogP contribution >= 0.6 is 0 Å². The number of aliphatic carboxylic acids is 1. The summed E-state index contributed by atoms with van der Waals surface area (Å²) in [5, 5.41) is 8.95. The highest BCUT2D eigenvalue weighted by atomic mass is 32.2. The predicted octanol–water partition coefficient (Wildman–Crippen LogP) is 0.139. The molecule has 7 nitrogen and oxygen atoms in total. The molecule has 0 aromatic carbocycles. The van der Waals surface area contributed by atoms with Gasteiger partial charge in [0.25, 0.3) is 10.2 Å². The molecule has 0 bridgehead atoms. The van der Waals surface area contributed by atoms with Crippen molar-refractivity contribution in [3.63, 3.8) is 0 Å². The van der Waals surface area contributed by atoms with E-state index in [1.165, 1.54) is 8.61 Å². The van der Waals surface area contributed by atoms with Crippen LogP contribution in [0.25, 0.3) is 0 Å². The predicted molar refractivity (Wildman–Crippen MR) is 72.5 cm³/mol. The van der Waals surface area contributed by atoms with E-state index in [0.29, 0.717) is 25.9 Å². The van der Waals surface area contributed by atoms with Gasteiger partial charge < -0.3 is 9.84 Å². The van der Waals surface area contributed by atoms with Crippen molar-refractivity contribution in [2.75, 3.05) is 33.3 Å². The SMILES string of the molecule is COC1CCCN(S(=O)(=O)N2CCC(C(=O)O)CC2)C1. The van der Waals surface area contributed by atoms with Crippen LogP contribution in [0.5, 0.6) is 0 Å². The van der Waals surface area contributed by atoms with E-state index in [9.17, 15) is 13.2 Å². The van der Waals surface area contributed by atoms with E-state index in [1.54, 1.807) is 7.11 Å². The van der Waals surface area contributed by atoms with Crippen molar-refractivity contribution in [2.24, 2.45) is 5.92 Å². The summed E-state index contributed by atoms with van der Waals surface area (Å²) in [5.41, 5.74) is 0. The van der Waals surface area contributed by atoms with E-state index in [0.717, 1.165) is 12.8 Å². The first kappa shape index (κ1) is 15.7. The van der Waals surface area contributed by atoms with Crippen LogP contribution in [-0.2, 0) is 19.7 Å². The van der Waals surface area contributed by atoms with Crippen LogP contribution in [0.4, 0.5) is 0 Å². The number of rotatable bonds is 4. The first-order valence-corrected chi connectivity index (χ1v) is 8.35. The number of hydrogen-bond acceptors (Lipinski definition) is 4. The average molecular weight is 306 g/mol. The van der Waals surface area contributed by atoms with E-state index in [2.05, 4.69) is 0 Å². The summed E-state index contributed by atoms with van der Waals surface area (Å²) in [4.78, 5) is 10.9. The van der Waals surface area contributed by atoms with Gasteiger partial charge in [-0.25, -0.2) is 0 Å². The molecule has 2 heterocycles. The lowest BCUT2D eigenvalue weighted by Gasteiger charge is -2.37. The molecule has 1 unspecified atom stereocenters. The standard InChI is InChI=1S/C12H22N2O5S/c1-19-11-3-2-6-14(9-11)20(17,18)13-7-4-10(5-8-13)12(15)16/h10-11H,2-9H2,1H3,(H,15,16). The van der Waals surface area contributed by atoms with Crippen molar-refractivity contribution < 1.29 is 23.1 Å². The molecule has 0 aliphatic carbocycles. The zero-order valence-electron chi connectivity index (χ0n) is 11.7. The third-order valence-corrected chi connectivity index (χ3v) is 6.13. The molecule has 2 aliphatic heterocycles. The minimum atomic E-state index is -3.48. The Labute approximate surface area is 119 Å². The van der Waals surface area contributed by atoms with Crippen molar-refractivity contribution in [1.82, 2.24) is 8.61 Å². The highest BCUT2D eigenvalue weighted by molar-refractivity contribution is 7.86. The van der Waals surface area contributed by atoms with Gasteiger partial charge in [-0.1, -0.05) is 0 Å². The van der Waals surface area contributed by atoms with Crippen LogP contribution in [0.1, 0.15) is 25.7 Å². The fourth-order valence-corrected chi connectivity index (χ4v) is 4.52. The molecule has 1 N–H and O–H groups in total. The van der Waals surface area contributed by atoms with Gasteiger partial charge in [-0.05, 0) is 25.7 Å². The summed E-state index contributed by atoms with van der Waals surface area (Å²) in [6, 6.07) is 0. The van der Waals surface area contributed by atoms with Gasteiger partial charge in [0.15, 0.2) is 0 Å². The normalized spacial score (nSPS) is 27.6. The molecule has 1 atom stereocenters. The number of carboxylic acids is 1. The third-order valence-electron chi connectivity index (χ3n) is 4.13. The zero-order chi connectivity index (χ0) is 14.8. The molecule has 20 heavy (non-hydrogen) atoms. The van der Waals surface area contributed by atoms with E-state index >= 15 is 0 Å². The summed E-state index contributed by atoms with van der Waals surface area (Å²) in [7, 11) is -1.89. The number of carbonyl (C=O) groups is 1. The Kier molecular flexibility index (Phi) is 5.00. The van der Waals surface area contributed by atoms with Crippen LogP contribution in [0, 0.1) is 5.92 Å². The zero-order valence-corrected chi connectivity index (χ0v) is 12.5. The van der Waals surface area contributed by atoms with Crippen molar-refractivity contribution in [1.29, 1.82) is 0 Å². The van der Waals surface area contributed by atoms with Gasteiger partial charge in [-0.2, -0.15) is 17.0 Å². The maximum atomic E-state index is 12.5. The monoisotopic (exact) mass is 306 g/mol. The van der Waals surface area contributed by atoms with Crippen molar-refractivity contribution in [3.8, 4) is 0 Å². The second-order valence-corrected chi connectivity index (χ2v) is 7.31. The average Bonchev–Trinajstić information content (AvgIpc) is 2.47. The molecule has 8 heteroatoms. The van der Waals surface area contributed by atoms with Gasteiger partial charge in [0.2, 0.25) is 0 Å². The molecule has 2 aliphatic rings. The molecule has 0 radical (unpaired) electrons. The molecule has 0 aromatic heterocycles. The fraction of sp³-hybridized carbons (Fsp3) is 0.917. The number of hydrogen-bond donors (Lipinski definition) is 1. The lowest BCUT2D eigenvalue weighted by atomic mass is 9.99. The van der Waals surface area contributed by atoms with Crippen LogP contribution in [-0.4, -0.2) is 67.5 Å². The molecular formula is C12H22N2O5S. The van der Waals surface area contributed by atoms with Crippen LogP contribution < -0.4 is 0 Å². The van der Waals surface area contributed by atoms with E-state index in [1.807, 2.05) is 0 Å². The quantitative estimate of drug-likeness (QED) is 0.798. The van der Waals surface area contributed by atoms with Crippen LogP contribution in [0.3, 0.4) is 0 Å². The number of methoxy groups -OCH3 is 1. The minimum Gasteiger partial charge on any atom is -0.481 e. The molecule has 2 fully saturated rings. The number of piperidine rings is 2. The fourth-order valence-electron chi connectivity index (χ4n) is 2.80. The molecule has 0 aromatic rings. The first-order chi connectivity index (χ1) is 9.45. The third kappa shape index (κ3) is 3.30. The Morgan fingerprint density at radius 2 is 1.80 bits per heavy atom. The smallest absolute Gasteiger partial charge is 0.306 e. The van der Waals surface area contributed by atoms with Gasteiger partial charge in [-0.15, -0.1) is 0 Å². The number of ether oxygens (including phenoxy) is 1. The second-order valence-electron chi connectivity index (χ2n) is 5.38. The second kappa shape index (κ2) is 6.38. The summed E-state index contributed by atoms with van der Waals surface area (Å²) < 4.78 is 33.2. The van der Waals surface area contributed by atoms with Crippen molar-refractivity contribution in [2.45, 2.75) is 31.8 Å². The minimum absolute atomic E-state index is 0.0462. The van der Waals surface area contributed by atoms with Crippen molar-refractivity contribution in [3.05, 3.63) is 0 Å². The molecule has 2 saturated heterocycles. The molecule has 0 amide bonds. The van der Waals surface area contributed by atoms with E-state index in [-0.39, 0.29) is 19.2 Å². The lowest BCUT2D eigenvalue weighted by Crippen LogP contribution is -2.51.